The Morgan fingerprint density at radius 3 is 2.72 bits per heavy atom. The molecule has 0 heterocycles. The molecule has 0 aliphatic heterocycles. The molecule has 0 spiro atoms. The van der Waals surface area contributed by atoms with Crippen LogP contribution in [0.2, 0.25) is 10.0 Å². The molecule has 0 saturated carbocycles. The highest BCUT2D eigenvalue weighted by Crippen LogP contribution is 2.26. The van der Waals surface area contributed by atoms with E-state index in [1.807, 2.05) is 0 Å². The number of carbonyl (C=O) groups is 1. The van der Waals surface area contributed by atoms with Crippen molar-refractivity contribution in [2.45, 2.75) is 13.0 Å². The van der Waals surface area contributed by atoms with Crippen LogP contribution >= 0.6 is 23.2 Å². The zero-order valence-corrected chi connectivity index (χ0v) is 10.9. The van der Waals surface area contributed by atoms with Gasteiger partial charge >= 0.3 is 11.7 Å². The number of hydrogen-bond donors (Lipinski definition) is 1. The highest BCUT2D eigenvalue weighted by molar-refractivity contribution is 6.38. The lowest BCUT2D eigenvalue weighted by Crippen LogP contribution is -2.25. The third kappa shape index (κ3) is 3.31. The summed E-state index contributed by atoms with van der Waals surface area (Å²) in [5, 5.41) is 10.5. The molecule has 1 rings (SSSR count). The highest BCUT2D eigenvalue weighted by atomic mass is 35.5. The van der Waals surface area contributed by atoms with Crippen LogP contribution in [0, 0.1) is 0 Å². The SMILES string of the molecule is CCOC(=O)C(=[N+]=[N-])C(O)c1ccc(Cl)cc1Cl. The Morgan fingerprint density at radius 1 is 1.56 bits per heavy atom. The zero-order chi connectivity index (χ0) is 13.7. The minimum atomic E-state index is -1.49. The molecule has 1 unspecified atom stereocenters. The standard InChI is InChI=1S/C11H10Cl2N2O3/c1-2-18-11(17)9(15-14)10(16)7-4-3-6(12)5-8(7)13/h3-5,10,16H,2H2,1H3. The number of nitrogens with zero attached hydrogens (tertiary/aromatic N) is 2. The third-order valence-corrected chi connectivity index (χ3v) is 2.67. The minimum Gasteiger partial charge on any atom is -0.457 e. The largest absolute Gasteiger partial charge is 0.457 e. The summed E-state index contributed by atoms with van der Waals surface area (Å²) < 4.78 is 4.64. The van der Waals surface area contributed by atoms with Crippen molar-refractivity contribution in [1.29, 1.82) is 0 Å². The van der Waals surface area contributed by atoms with E-state index < -0.39 is 17.8 Å². The molecule has 0 aliphatic carbocycles. The van der Waals surface area contributed by atoms with Gasteiger partial charge in [-0.2, -0.15) is 4.79 Å². The van der Waals surface area contributed by atoms with Gasteiger partial charge in [-0.1, -0.05) is 29.3 Å². The Bertz CT molecular complexity index is 513. The lowest BCUT2D eigenvalue weighted by atomic mass is 10.1. The molecule has 96 valence electrons. The first kappa shape index (κ1) is 14.7. The Hall–Kier alpha value is -1.39. The molecule has 18 heavy (non-hydrogen) atoms. The fourth-order valence-corrected chi connectivity index (χ4v) is 1.79. The second kappa shape index (κ2) is 6.52. The van der Waals surface area contributed by atoms with Gasteiger partial charge in [0.1, 0.15) is 0 Å². The Balaban J connectivity index is 3.08. The van der Waals surface area contributed by atoms with Crippen LogP contribution in [0.5, 0.6) is 0 Å². The molecule has 0 amide bonds. The van der Waals surface area contributed by atoms with Crippen LogP contribution < -0.4 is 0 Å². The van der Waals surface area contributed by atoms with E-state index in [0.29, 0.717) is 5.02 Å². The molecule has 0 aromatic heterocycles. The van der Waals surface area contributed by atoms with Gasteiger partial charge in [-0.05, 0) is 19.1 Å². The van der Waals surface area contributed by atoms with Crippen molar-refractivity contribution in [3.63, 3.8) is 0 Å². The van der Waals surface area contributed by atoms with Gasteiger partial charge in [0.15, 0.2) is 6.10 Å². The predicted molar refractivity (Wildman–Crippen MR) is 66.7 cm³/mol. The van der Waals surface area contributed by atoms with Crippen LogP contribution in [0.25, 0.3) is 5.53 Å². The topological polar surface area (TPSA) is 82.9 Å². The van der Waals surface area contributed by atoms with E-state index in [-0.39, 0.29) is 17.2 Å². The molecule has 1 atom stereocenters. The molecule has 7 heteroatoms. The number of aliphatic hydroxyl groups excluding tert-OH is 1. The van der Waals surface area contributed by atoms with Gasteiger partial charge in [0.05, 0.1) is 6.61 Å². The summed E-state index contributed by atoms with van der Waals surface area (Å²) in [4.78, 5) is 14.2. The normalized spacial score (nSPS) is 11.6. The molecule has 0 saturated heterocycles. The minimum absolute atomic E-state index is 0.0962. The van der Waals surface area contributed by atoms with Crippen molar-refractivity contribution in [2.24, 2.45) is 0 Å². The Morgan fingerprint density at radius 2 is 2.22 bits per heavy atom. The van der Waals surface area contributed by atoms with Gasteiger partial charge in [0.25, 0.3) is 0 Å². The molecule has 0 aliphatic rings. The first-order chi connectivity index (χ1) is 8.51. The van der Waals surface area contributed by atoms with Crippen molar-refractivity contribution in [3.8, 4) is 0 Å². The van der Waals surface area contributed by atoms with Crippen molar-refractivity contribution in [1.82, 2.24) is 0 Å². The van der Waals surface area contributed by atoms with Gasteiger partial charge < -0.3 is 15.4 Å². The maximum atomic E-state index is 11.4. The number of ether oxygens (including phenoxy) is 1. The number of esters is 1. The van der Waals surface area contributed by atoms with Crippen LogP contribution in [-0.4, -0.2) is 28.2 Å². The average molecular weight is 289 g/mol. The van der Waals surface area contributed by atoms with E-state index in [2.05, 4.69) is 9.53 Å². The van der Waals surface area contributed by atoms with Crippen LogP contribution in [-0.2, 0) is 9.53 Å². The highest BCUT2D eigenvalue weighted by Gasteiger charge is 2.33. The van der Waals surface area contributed by atoms with Crippen LogP contribution in [0.4, 0.5) is 0 Å². The molecular formula is C11H10Cl2N2O3. The van der Waals surface area contributed by atoms with Gasteiger partial charge in [0.2, 0.25) is 0 Å². The summed E-state index contributed by atoms with van der Waals surface area (Å²) in [6.07, 6.45) is -1.49. The first-order valence-electron chi connectivity index (χ1n) is 5.03. The molecule has 0 bridgehead atoms. The molecule has 5 nitrogen and oxygen atoms in total. The summed E-state index contributed by atoms with van der Waals surface area (Å²) in [7, 11) is 0. The van der Waals surface area contributed by atoms with Crippen molar-refractivity contribution >= 4 is 34.9 Å². The maximum absolute atomic E-state index is 11.4. The van der Waals surface area contributed by atoms with Crippen molar-refractivity contribution in [3.05, 3.63) is 39.3 Å². The number of carbonyl (C=O) groups excluding carboxylic acids is 1. The fraction of sp³-hybridized carbons (Fsp3) is 0.273. The summed E-state index contributed by atoms with van der Waals surface area (Å²) in [5.41, 5.74) is 8.41. The van der Waals surface area contributed by atoms with E-state index in [4.69, 9.17) is 28.7 Å². The second-order valence-corrected chi connectivity index (χ2v) is 4.12. The first-order valence-corrected chi connectivity index (χ1v) is 5.79. The second-order valence-electron chi connectivity index (χ2n) is 3.27. The molecule has 1 N–H and O–H groups in total. The van der Waals surface area contributed by atoms with Gasteiger partial charge in [-0.3, -0.25) is 0 Å². The molecular weight excluding hydrogens is 279 g/mol. The third-order valence-electron chi connectivity index (χ3n) is 2.11. The Labute approximate surface area is 114 Å². The van der Waals surface area contributed by atoms with Crippen molar-refractivity contribution in [2.75, 3.05) is 6.61 Å². The van der Waals surface area contributed by atoms with E-state index in [0.717, 1.165) is 0 Å². The summed E-state index contributed by atoms with van der Waals surface area (Å²) >= 11 is 11.6. The number of benzene rings is 1. The quantitative estimate of drug-likeness (QED) is 0.399. The predicted octanol–water partition coefficient (Wildman–Crippen LogP) is 2.26. The number of halogens is 2. The molecule has 1 aromatic carbocycles. The number of rotatable bonds is 4. The summed E-state index contributed by atoms with van der Waals surface area (Å²) in [6, 6.07) is 4.33. The molecule has 0 radical (unpaired) electrons. The Kier molecular flexibility index (Phi) is 5.31. The summed E-state index contributed by atoms with van der Waals surface area (Å²) in [6.45, 7) is 1.69. The fourth-order valence-electron chi connectivity index (χ4n) is 1.28. The van der Waals surface area contributed by atoms with Crippen LogP contribution in [0.15, 0.2) is 18.2 Å². The lowest BCUT2D eigenvalue weighted by Gasteiger charge is -2.08. The zero-order valence-electron chi connectivity index (χ0n) is 9.43. The summed E-state index contributed by atoms with van der Waals surface area (Å²) in [5.74, 6) is -0.918. The number of hydrogen-bond acceptors (Lipinski definition) is 3. The van der Waals surface area contributed by atoms with E-state index >= 15 is 0 Å². The van der Waals surface area contributed by atoms with Gasteiger partial charge in [0, 0.05) is 15.6 Å². The van der Waals surface area contributed by atoms with Gasteiger partial charge in [-0.25, -0.2) is 4.79 Å². The number of aliphatic hydroxyl groups is 1. The van der Waals surface area contributed by atoms with Gasteiger partial charge in [-0.15, -0.1) is 0 Å². The van der Waals surface area contributed by atoms with Crippen molar-refractivity contribution < 1.29 is 19.4 Å². The van der Waals surface area contributed by atoms with Crippen LogP contribution in [0.3, 0.4) is 0 Å². The van der Waals surface area contributed by atoms with E-state index in [9.17, 15) is 9.90 Å². The molecule has 1 aromatic rings. The lowest BCUT2D eigenvalue weighted by molar-refractivity contribution is -0.141. The van der Waals surface area contributed by atoms with E-state index in [1.54, 1.807) is 6.92 Å². The van der Waals surface area contributed by atoms with Crippen LogP contribution in [0.1, 0.15) is 18.6 Å². The monoisotopic (exact) mass is 288 g/mol. The average Bonchev–Trinajstić information content (AvgIpc) is 2.29. The molecule has 0 fully saturated rings. The van der Waals surface area contributed by atoms with E-state index in [1.165, 1.54) is 18.2 Å². The smallest absolute Gasteiger partial charge is 0.420 e. The maximum Gasteiger partial charge on any atom is 0.420 e.